The summed E-state index contributed by atoms with van der Waals surface area (Å²) in [6, 6.07) is 0. The van der Waals surface area contributed by atoms with E-state index in [1.807, 2.05) is 19.1 Å². The third-order valence-electron chi connectivity index (χ3n) is 7.52. The molecule has 2 saturated carbocycles. The van der Waals surface area contributed by atoms with Crippen LogP contribution in [0.2, 0.25) is 0 Å². The first-order chi connectivity index (χ1) is 14.6. The van der Waals surface area contributed by atoms with Gasteiger partial charge < -0.3 is 19.7 Å². The van der Waals surface area contributed by atoms with Crippen LogP contribution in [0.5, 0.6) is 0 Å². The van der Waals surface area contributed by atoms with E-state index in [-0.39, 0.29) is 42.7 Å². The average molecular weight is 433 g/mol. The molecule has 7 heteroatoms. The van der Waals surface area contributed by atoms with Gasteiger partial charge in [0, 0.05) is 11.3 Å². The summed E-state index contributed by atoms with van der Waals surface area (Å²) in [6.45, 7) is 8.77. The Hall–Kier alpha value is -2.41. The van der Waals surface area contributed by atoms with Gasteiger partial charge in [-0.2, -0.15) is 0 Å². The molecule has 0 aromatic rings. The zero-order valence-electron chi connectivity index (χ0n) is 18.3. The summed E-state index contributed by atoms with van der Waals surface area (Å²) in [5.41, 5.74) is 0.782. The number of carbonyl (C=O) groups is 3. The Morgan fingerprint density at radius 2 is 2.06 bits per heavy atom. The summed E-state index contributed by atoms with van der Waals surface area (Å²) in [5.74, 6) is -1.84. The summed E-state index contributed by atoms with van der Waals surface area (Å²) >= 11 is 0. The summed E-state index contributed by atoms with van der Waals surface area (Å²) in [6.07, 6.45) is 7.49. The average Bonchev–Trinajstić information content (AvgIpc) is 3.12. The lowest BCUT2D eigenvalue weighted by Crippen LogP contribution is -2.57. The summed E-state index contributed by atoms with van der Waals surface area (Å²) < 4.78 is 10.4. The number of hydrogen-bond acceptors (Lipinski definition) is 6. The van der Waals surface area contributed by atoms with Crippen molar-refractivity contribution in [1.29, 1.82) is 0 Å². The van der Waals surface area contributed by atoms with Gasteiger partial charge in [0.25, 0.3) is 0 Å². The number of carbonyl (C=O) groups excluding carboxylic acids is 2. The maximum Gasteiger partial charge on any atom is 0.338 e. The molecule has 1 aliphatic heterocycles. The van der Waals surface area contributed by atoms with Crippen LogP contribution in [0.1, 0.15) is 52.4 Å². The van der Waals surface area contributed by atoms with Crippen molar-refractivity contribution >= 4 is 17.9 Å². The third kappa shape index (κ3) is 4.61. The van der Waals surface area contributed by atoms with E-state index in [2.05, 4.69) is 13.5 Å². The van der Waals surface area contributed by atoms with Gasteiger partial charge in [-0.15, -0.1) is 0 Å². The van der Waals surface area contributed by atoms with E-state index in [0.29, 0.717) is 18.6 Å². The van der Waals surface area contributed by atoms with Crippen molar-refractivity contribution < 1.29 is 34.1 Å². The van der Waals surface area contributed by atoms with Crippen LogP contribution < -0.4 is 0 Å². The molecule has 5 atom stereocenters. The minimum absolute atomic E-state index is 0.0232. The van der Waals surface area contributed by atoms with E-state index in [1.165, 1.54) is 0 Å². The number of carboxylic acid groups (broad SMARTS) is 1. The second-order valence-corrected chi connectivity index (χ2v) is 9.46. The lowest BCUT2D eigenvalue weighted by atomic mass is 9.46. The summed E-state index contributed by atoms with van der Waals surface area (Å²) in [7, 11) is 0. The number of esters is 2. The van der Waals surface area contributed by atoms with Gasteiger partial charge in [0.2, 0.25) is 0 Å². The number of rotatable bonds is 7. The van der Waals surface area contributed by atoms with Crippen LogP contribution in [0.25, 0.3) is 0 Å². The van der Waals surface area contributed by atoms with Crippen molar-refractivity contribution in [3.8, 4) is 0 Å². The Kier molecular flexibility index (Phi) is 6.74. The van der Waals surface area contributed by atoms with Gasteiger partial charge in [-0.3, -0.25) is 9.59 Å². The van der Waals surface area contributed by atoms with E-state index in [0.717, 1.165) is 24.8 Å². The highest BCUT2D eigenvalue weighted by molar-refractivity contribution is 5.93. The van der Waals surface area contributed by atoms with Crippen molar-refractivity contribution in [2.45, 2.75) is 58.5 Å². The predicted molar refractivity (Wildman–Crippen MR) is 113 cm³/mol. The molecular formula is C24H32O7. The molecule has 0 spiro atoms. The van der Waals surface area contributed by atoms with Crippen LogP contribution in [-0.2, 0) is 23.9 Å². The van der Waals surface area contributed by atoms with E-state index < -0.39 is 23.5 Å². The minimum Gasteiger partial charge on any atom is -0.481 e. The smallest absolute Gasteiger partial charge is 0.338 e. The molecule has 0 saturated heterocycles. The predicted octanol–water partition coefficient (Wildman–Crippen LogP) is 3.18. The van der Waals surface area contributed by atoms with Crippen LogP contribution in [0.4, 0.5) is 0 Å². The first-order valence-electron chi connectivity index (χ1n) is 10.9. The van der Waals surface area contributed by atoms with Crippen LogP contribution in [0.3, 0.4) is 0 Å². The number of carboxylic acids is 1. The summed E-state index contributed by atoms with van der Waals surface area (Å²) in [5, 5.41) is 19.7. The molecule has 7 nitrogen and oxygen atoms in total. The molecule has 0 aromatic carbocycles. The first-order valence-corrected chi connectivity index (χ1v) is 10.9. The normalized spacial score (nSPS) is 35.5. The number of hydrogen-bond donors (Lipinski definition) is 2. The molecule has 3 rings (SSSR count). The van der Waals surface area contributed by atoms with Crippen molar-refractivity contribution in [3.05, 3.63) is 36.0 Å². The van der Waals surface area contributed by atoms with Crippen molar-refractivity contribution in [2.24, 2.45) is 22.7 Å². The van der Waals surface area contributed by atoms with Gasteiger partial charge in [0.1, 0.15) is 6.61 Å². The SMILES string of the molecule is C=C1CCC2[C@@](C)(CC[C@@H](O)[C@@]2(C)COC(=O)CCC(=O)O)C1/C=C/C1=CCOC1=O. The van der Waals surface area contributed by atoms with Crippen LogP contribution >= 0.6 is 0 Å². The van der Waals surface area contributed by atoms with Crippen molar-refractivity contribution in [2.75, 3.05) is 13.2 Å². The highest BCUT2D eigenvalue weighted by atomic mass is 16.5. The number of aliphatic carboxylic acids is 1. The molecule has 0 aromatic heterocycles. The van der Waals surface area contributed by atoms with Gasteiger partial charge in [-0.05, 0) is 43.1 Å². The second-order valence-electron chi connectivity index (χ2n) is 9.46. The van der Waals surface area contributed by atoms with E-state index in [1.54, 1.807) is 6.08 Å². The highest BCUT2D eigenvalue weighted by Gasteiger charge is 2.57. The fourth-order valence-corrected chi connectivity index (χ4v) is 5.70. The minimum atomic E-state index is -1.05. The Bertz CT molecular complexity index is 826. The number of allylic oxidation sites excluding steroid dienone is 2. The topological polar surface area (TPSA) is 110 Å². The maximum absolute atomic E-state index is 12.0. The van der Waals surface area contributed by atoms with Gasteiger partial charge >= 0.3 is 17.9 Å². The number of aliphatic hydroxyl groups is 1. The maximum atomic E-state index is 12.0. The molecule has 2 aliphatic carbocycles. The molecule has 3 aliphatic rings. The van der Waals surface area contributed by atoms with Gasteiger partial charge in [0.05, 0.1) is 31.1 Å². The fraction of sp³-hybridized carbons (Fsp3) is 0.625. The molecule has 2 unspecified atom stereocenters. The standard InChI is InChI=1S/C24H32O7/c1-15-4-7-18-23(2,17(15)6-5-16-11-13-30-22(16)29)12-10-19(25)24(18,3)14-31-21(28)9-8-20(26)27/h5-6,11,17-19,25H,1,4,7-10,12-14H2,2-3H3,(H,26,27)/b6-5+/t17?,18?,19-,23+,24+/m1/s1. The first kappa shape index (κ1) is 23.3. The highest BCUT2D eigenvalue weighted by Crippen LogP contribution is 2.61. The largest absolute Gasteiger partial charge is 0.481 e. The number of fused-ring (bicyclic) bond motifs is 1. The molecule has 0 radical (unpaired) electrons. The number of cyclic esters (lactones) is 1. The van der Waals surface area contributed by atoms with Crippen molar-refractivity contribution in [3.63, 3.8) is 0 Å². The molecule has 2 N–H and O–H groups in total. The van der Waals surface area contributed by atoms with Crippen LogP contribution in [0.15, 0.2) is 36.0 Å². The van der Waals surface area contributed by atoms with Crippen LogP contribution in [-0.4, -0.2) is 47.4 Å². The Morgan fingerprint density at radius 3 is 2.71 bits per heavy atom. The van der Waals surface area contributed by atoms with Crippen LogP contribution in [0, 0.1) is 22.7 Å². The fourth-order valence-electron chi connectivity index (χ4n) is 5.70. The third-order valence-corrected chi connectivity index (χ3v) is 7.52. The number of aliphatic hydroxyl groups excluding tert-OH is 1. The molecule has 0 amide bonds. The lowest BCUT2D eigenvalue weighted by molar-refractivity contribution is -0.172. The van der Waals surface area contributed by atoms with Gasteiger partial charge in [0.15, 0.2) is 0 Å². The van der Waals surface area contributed by atoms with E-state index in [9.17, 15) is 19.5 Å². The van der Waals surface area contributed by atoms with Gasteiger partial charge in [-0.25, -0.2) is 4.79 Å². The quantitative estimate of drug-likeness (QED) is 0.470. The molecule has 1 heterocycles. The Morgan fingerprint density at radius 1 is 1.32 bits per heavy atom. The Labute approximate surface area is 182 Å². The number of ether oxygens (including phenoxy) is 2. The molecule has 0 bridgehead atoms. The molecule has 31 heavy (non-hydrogen) atoms. The monoisotopic (exact) mass is 432 g/mol. The zero-order chi connectivity index (χ0) is 22.8. The molecule has 2 fully saturated rings. The van der Waals surface area contributed by atoms with Crippen molar-refractivity contribution in [1.82, 2.24) is 0 Å². The summed E-state index contributed by atoms with van der Waals surface area (Å²) in [4.78, 5) is 34.5. The second kappa shape index (κ2) is 8.99. The molecule has 170 valence electrons. The van der Waals surface area contributed by atoms with E-state index in [4.69, 9.17) is 14.6 Å². The lowest BCUT2D eigenvalue weighted by Gasteiger charge is -2.59. The van der Waals surface area contributed by atoms with Gasteiger partial charge in [-0.1, -0.05) is 38.2 Å². The zero-order valence-corrected chi connectivity index (χ0v) is 18.3. The van der Waals surface area contributed by atoms with E-state index >= 15 is 0 Å². The molecular weight excluding hydrogens is 400 g/mol. The Balaban J connectivity index is 1.80.